The van der Waals surface area contributed by atoms with Crippen molar-refractivity contribution in [2.75, 3.05) is 12.4 Å². The molecule has 7 nitrogen and oxygen atoms in total. The van der Waals surface area contributed by atoms with E-state index in [0.717, 1.165) is 16.3 Å². The summed E-state index contributed by atoms with van der Waals surface area (Å²) in [4.78, 5) is 12.5. The van der Waals surface area contributed by atoms with E-state index in [1.54, 1.807) is 25.6 Å². The number of carbonyl (C=O) groups is 1. The van der Waals surface area contributed by atoms with Gasteiger partial charge in [0.1, 0.15) is 11.4 Å². The quantitative estimate of drug-likeness (QED) is 0.702. The monoisotopic (exact) mass is 407 g/mol. The van der Waals surface area contributed by atoms with E-state index in [1.165, 1.54) is 7.05 Å². The molecule has 1 N–H and O–H groups in total. The number of methoxy groups -OCH3 is 1. The Balaban J connectivity index is 1.83. The van der Waals surface area contributed by atoms with Crippen molar-refractivity contribution in [1.29, 1.82) is 0 Å². The molecule has 0 aliphatic rings. The molecule has 1 aromatic carbocycles. The van der Waals surface area contributed by atoms with Gasteiger partial charge in [-0.3, -0.25) is 14.2 Å². The van der Waals surface area contributed by atoms with Crippen molar-refractivity contribution >= 4 is 11.6 Å². The Hall–Kier alpha value is -3.30. The maximum Gasteiger partial charge on any atom is 0.435 e. The first-order valence-electron chi connectivity index (χ1n) is 8.69. The first kappa shape index (κ1) is 20.4. The average Bonchev–Trinajstić information content (AvgIpc) is 3.17. The number of rotatable bonds is 5. The van der Waals surface area contributed by atoms with Crippen LogP contribution in [0.2, 0.25) is 0 Å². The number of amides is 1. The molecule has 0 unspecified atom stereocenters. The summed E-state index contributed by atoms with van der Waals surface area (Å²) in [5.74, 6) is 0.0249. The standard InChI is InChI=1S/C19H20F3N5O2/c1-11-17(23-18(28)15-9-16(19(20,21)22)25-26(15)3)12(2)27(24-11)10-13-6-5-7-14(8-13)29-4/h5-9H,10H2,1-4H3,(H,23,28). The summed E-state index contributed by atoms with van der Waals surface area (Å²) in [7, 11) is 2.87. The number of hydrogen-bond donors (Lipinski definition) is 1. The predicted octanol–water partition coefficient (Wildman–Crippen LogP) is 3.56. The molecule has 154 valence electrons. The molecule has 2 heterocycles. The molecular weight excluding hydrogens is 387 g/mol. The van der Waals surface area contributed by atoms with Crippen LogP contribution in [0.1, 0.15) is 33.1 Å². The summed E-state index contributed by atoms with van der Waals surface area (Å²) >= 11 is 0. The lowest BCUT2D eigenvalue weighted by Crippen LogP contribution is -2.17. The predicted molar refractivity (Wildman–Crippen MR) is 100.0 cm³/mol. The Kier molecular flexibility index (Phi) is 5.36. The van der Waals surface area contributed by atoms with Gasteiger partial charge in [-0.25, -0.2) is 0 Å². The van der Waals surface area contributed by atoms with Gasteiger partial charge in [0.2, 0.25) is 0 Å². The van der Waals surface area contributed by atoms with Crippen molar-refractivity contribution in [3.05, 3.63) is 58.7 Å². The number of carbonyl (C=O) groups excluding carboxylic acids is 1. The zero-order valence-electron chi connectivity index (χ0n) is 16.3. The van der Waals surface area contributed by atoms with Crippen molar-refractivity contribution in [3.8, 4) is 5.75 Å². The second-order valence-electron chi connectivity index (χ2n) is 6.55. The fourth-order valence-electron chi connectivity index (χ4n) is 2.97. The Morgan fingerprint density at radius 2 is 1.93 bits per heavy atom. The first-order chi connectivity index (χ1) is 13.6. The molecule has 0 atom stereocenters. The second-order valence-corrected chi connectivity index (χ2v) is 6.55. The van der Waals surface area contributed by atoms with Crippen LogP contribution in [0.3, 0.4) is 0 Å². The number of nitrogens with zero attached hydrogens (tertiary/aromatic N) is 4. The van der Waals surface area contributed by atoms with Crippen molar-refractivity contribution in [2.24, 2.45) is 7.05 Å². The minimum Gasteiger partial charge on any atom is -0.497 e. The Bertz CT molecular complexity index is 1050. The largest absolute Gasteiger partial charge is 0.497 e. The summed E-state index contributed by atoms with van der Waals surface area (Å²) in [5, 5.41) is 10.5. The summed E-state index contributed by atoms with van der Waals surface area (Å²) in [5.41, 5.74) is 1.32. The highest BCUT2D eigenvalue weighted by molar-refractivity contribution is 6.03. The Morgan fingerprint density at radius 3 is 2.55 bits per heavy atom. The minimum atomic E-state index is -4.62. The highest BCUT2D eigenvalue weighted by atomic mass is 19.4. The first-order valence-corrected chi connectivity index (χ1v) is 8.69. The molecule has 0 spiro atoms. The van der Waals surface area contributed by atoms with E-state index in [4.69, 9.17) is 4.74 Å². The van der Waals surface area contributed by atoms with Gasteiger partial charge in [0.25, 0.3) is 5.91 Å². The number of anilines is 1. The zero-order chi connectivity index (χ0) is 21.3. The molecular formula is C19H20F3N5O2. The Labute approximate surface area is 165 Å². The fraction of sp³-hybridized carbons (Fsp3) is 0.316. The number of aryl methyl sites for hydroxylation is 2. The number of hydrogen-bond acceptors (Lipinski definition) is 4. The fourth-order valence-corrected chi connectivity index (χ4v) is 2.97. The topological polar surface area (TPSA) is 74.0 Å². The molecule has 0 bridgehead atoms. The highest BCUT2D eigenvalue weighted by Crippen LogP contribution is 2.29. The van der Waals surface area contributed by atoms with E-state index in [-0.39, 0.29) is 5.69 Å². The second kappa shape index (κ2) is 7.61. The number of benzene rings is 1. The van der Waals surface area contributed by atoms with Crippen molar-refractivity contribution < 1.29 is 22.7 Å². The number of halogens is 3. The van der Waals surface area contributed by atoms with Crippen molar-refractivity contribution in [2.45, 2.75) is 26.6 Å². The SMILES string of the molecule is COc1cccc(Cn2nc(C)c(NC(=O)c3cc(C(F)(F)F)nn3C)c2C)c1. The molecule has 0 saturated heterocycles. The zero-order valence-corrected chi connectivity index (χ0v) is 16.3. The van der Waals surface area contributed by atoms with E-state index in [2.05, 4.69) is 15.5 Å². The Morgan fingerprint density at radius 1 is 1.21 bits per heavy atom. The molecule has 0 saturated carbocycles. The van der Waals surface area contributed by atoms with Gasteiger partial charge >= 0.3 is 6.18 Å². The van der Waals surface area contributed by atoms with E-state index in [9.17, 15) is 18.0 Å². The minimum absolute atomic E-state index is 0.198. The number of nitrogens with one attached hydrogen (secondary N) is 1. The molecule has 0 radical (unpaired) electrons. The summed E-state index contributed by atoms with van der Waals surface area (Å²) < 4.78 is 46.3. The molecule has 3 rings (SSSR count). The maximum absolute atomic E-state index is 12.8. The molecule has 1 amide bonds. The van der Waals surface area contributed by atoms with Crippen LogP contribution in [0.25, 0.3) is 0 Å². The third-order valence-electron chi connectivity index (χ3n) is 4.49. The van der Waals surface area contributed by atoms with Gasteiger partial charge in [-0.2, -0.15) is 23.4 Å². The summed E-state index contributed by atoms with van der Waals surface area (Å²) in [6.07, 6.45) is -4.62. The van der Waals surface area contributed by atoms with Gasteiger partial charge in [-0.15, -0.1) is 0 Å². The molecule has 3 aromatic rings. The lowest BCUT2D eigenvalue weighted by Gasteiger charge is -2.08. The van der Waals surface area contributed by atoms with Crippen LogP contribution < -0.4 is 10.1 Å². The van der Waals surface area contributed by atoms with Gasteiger partial charge in [-0.05, 0) is 31.5 Å². The molecule has 2 aromatic heterocycles. The smallest absolute Gasteiger partial charge is 0.435 e. The van der Waals surface area contributed by atoms with Gasteiger partial charge in [0, 0.05) is 13.1 Å². The third kappa shape index (κ3) is 4.25. The normalized spacial score (nSPS) is 11.6. The van der Waals surface area contributed by atoms with Crippen LogP contribution in [0.15, 0.2) is 30.3 Å². The lowest BCUT2D eigenvalue weighted by atomic mass is 10.2. The van der Waals surface area contributed by atoms with Gasteiger partial charge in [0.05, 0.1) is 30.7 Å². The van der Waals surface area contributed by atoms with Crippen LogP contribution in [-0.2, 0) is 19.8 Å². The summed E-state index contributed by atoms with van der Waals surface area (Å²) in [6.45, 7) is 3.94. The van der Waals surface area contributed by atoms with E-state index >= 15 is 0 Å². The van der Waals surface area contributed by atoms with Crippen LogP contribution in [0.5, 0.6) is 5.75 Å². The van der Waals surface area contributed by atoms with Crippen LogP contribution in [0.4, 0.5) is 18.9 Å². The summed E-state index contributed by atoms with van der Waals surface area (Å²) in [6, 6.07) is 8.22. The number of aromatic nitrogens is 4. The van der Waals surface area contributed by atoms with Crippen molar-refractivity contribution in [1.82, 2.24) is 19.6 Å². The van der Waals surface area contributed by atoms with E-state index in [1.807, 2.05) is 24.3 Å². The maximum atomic E-state index is 12.8. The molecule has 0 aliphatic carbocycles. The molecule has 29 heavy (non-hydrogen) atoms. The van der Waals surface area contributed by atoms with Crippen LogP contribution in [-0.4, -0.2) is 32.6 Å². The van der Waals surface area contributed by atoms with Gasteiger partial charge in [-0.1, -0.05) is 12.1 Å². The highest BCUT2D eigenvalue weighted by Gasteiger charge is 2.35. The van der Waals surface area contributed by atoms with Gasteiger partial charge in [0.15, 0.2) is 5.69 Å². The van der Waals surface area contributed by atoms with Gasteiger partial charge < -0.3 is 10.1 Å². The van der Waals surface area contributed by atoms with Crippen LogP contribution in [0, 0.1) is 13.8 Å². The molecule has 0 aliphatic heterocycles. The lowest BCUT2D eigenvalue weighted by molar-refractivity contribution is -0.141. The molecule has 10 heteroatoms. The van der Waals surface area contributed by atoms with E-state index < -0.39 is 17.8 Å². The van der Waals surface area contributed by atoms with Crippen LogP contribution >= 0.6 is 0 Å². The number of ether oxygens (including phenoxy) is 1. The van der Waals surface area contributed by atoms with E-state index in [0.29, 0.717) is 29.4 Å². The number of alkyl halides is 3. The van der Waals surface area contributed by atoms with Crippen molar-refractivity contribution in [3.63, 3.8) is 0 Å². The molecule has 0 fully saturated rings. The average molecular weight is 407 g/mol. The third-order valence-corrected chi connectivity index (χ3v) is 4.49.